The highest BCUT2D eigenvalue weighted by atomic mass is 32.1. The maximum atomic E-state index is 12.6. The topological polar surface area (TPSA) is 99.5 Å². The number of hydrogen-bond acceptors (Lipinski definition) is 8. The van der Waals surface area contributed by atoms with Gasteiger partial charge in [-0.25, -0.2) is 9.97 Å². The smallest absolute Gasteiger partial charge is 0.496 e. The normalized spacial score (nSPS) is 11.7. The minimum absolute atomic E-state index is 0.313. The lowest BCUT2D eigenvalue weighted by Crippen LogP contribution is -2.27. The van der Waals surface area contributed by atoms with E-state index in [0.29, 0.717) is 63.4 Å². The molecule has 0 spiro atoms. The second-order valence-electron chi connectivity index (χ2n) is 7.31. The zero-order valence-corrected chi connectivity index (χ0v) is 19.8. The molecule has 0 saturated heterocycles. The highest BCUT2D eigenvalue weighted by molar-refractivity contribution is 7.22. The quantitative estimate of drug-likeness (QED) is 0.318. The van der Waals surface area contributed by atoms with E-state index in [2.05, 4.69) is 25.3 Å². The van der Waals surface area contributed by atoms with Crippen molar-refractivity contribution in [2.75, 3.05) is 32.2 Å². The molecule has 0 bridgehead atoms. The number of ether oxygens (including phenoxy) is 3. The summed E-state index contributed by atoms with van der Waals surface area (Å²) in [7, 11) is 3.26. The molecule has 9 nitrogen and oxygen atoms in total. The first-order chi connectivity index (χ1) is 16.7. The van der Waals surface area contributed by atoms with E-state index in [1.165, 1.54) is 25.3 Å². The summed E-state index contributed by atoms with van der Waals surface area (Å²) in [5, 5.41) is 6.31. The molecule has 2 aromatic heterocycles. The number of anilines is 2. The molecule has 0 aliphatic carbocycles. The van der Waals surface area contributed by atoms with Crippen LogP contribution in [0.1, 0.15) is 17.3 Å². The van der Waals surface area contributed by atoms with E-state index in [1.54, 1.807) is 23.7 Å². The van der Waals surface area contributed by atoms with Gasteiger partial charge < -0.3 is 29.4 Å². The van der Waals surface area contributed by atoms with Crippen molar-refractivity contribution in [3.05, 3.63) is 35.9 Å². The molecule has 0 unspecified atom stereocenters. The van der Waals surface area contributed by atoms with Crippen LogP contribution in [0.25, 0.3) is 21.3 Å². The number of methoxy groups -OCH3 is 1. The molecule has 1 amide bonds. The molecule has 0 aliphatic heterocycles. The molecule has 0 radical (unpaired) electrons. The van der Waals surface area contributed by atoms with Crippen molar-refractivity contribution >= 4 is 49.6 Å². The molecule has 4 aromatic rings. The fraction of sp³-hybridized carbons (Fsp3) is 0.318. The molecular formula is C22H22F3N5O4S. The number of alkyl halides is 3. The van der Waals surface area contributed by atoms with E-state index >= 15 is 0 Å². The monoisotopic (exact) mass is 509 g/mol. The average molecular weight is 510 g/mol. The summed E-state index contributed by atoms with van der Waals surface area (Å²) in [6.45, 7) is 3.19. The highest BCUT2D eigenvalue weighted by Crippen LogP contribution is 2.34. The number of aryl methyl sites for hydroxylation is 1. The van der Waals surface area contributed by atoms with Gasteiger partial charge in [-0.3, -0.25) is 4.79 Å². The number of aromatic nitrogens is 3. The van der Waals surface area contributed by atoms with Gasteiger partial charge in [0.25, 0.3) is 5.91 Å². The van der Waals surface area contributed by atoms with Gasteiger partial charge in [0.1, 0.15) is 11.5 Å². The molecule has 186 valence electrons. The lowest BCUT2D eigenvalue weighted by Gasteiger charge is -2.10. The number of fused-ring (bicyclic) bond motifs is 2. The van der Waals surface area contributed by atoms with Crippen LogP contribution in [0.15, 0.2) is 30.3 Å². The number of carbonyl (C=O) groups excluding carboxylic acids is 1. The zero-order chi connectivity index (χ0) is 25.2. The lowest BCUT2D eigenvalue weighted by molar-refractivity contribution is -0.274. The van der Waals surface area contributed by atoms with Crippen molar-refractivity contribution in [3.8, 4) is 11.5 Å². The van der Waals surface area contributed by atoms with E-state index in [-0.39, 0.29) is 11.7 Å². The van der Waals surface area contributed by atoms with E-state index < -0.39 is 6.36 Å². The first-order valence-corrected chi connectivity index (χ1v) is 11.3. The standard InChI is InChI=1S/C22H22F3N5O4S/c1-4-33-8-7-26-19(31)13-10-15-16(11-17(13)32-3)30(2)20(27-15)29-21-28-14-6-5-12(9-18(14)35-21)34-22(23,24)25/h5-6,9-11H,4,7-8H2,1-3H3,(H,26,31)(H,27,28,29). The van der Waals surface area contributed by atoms with E-state index in [4.69, 9.17) is 9.47 Å². The van der Waals surface area contributed by atoms with Gasteiger partial charge in [-0.05, 0) is 25.1 Å². The largest absolute Gasteiger partial charge is 0.573 e. The van der Waals surface area contributed by atoms with Crippen molar-refractivity contribution < 1.29 is 32.2 Å². The van der Waals surface area contributed by atoms with Gasteiger partial charge in [0.15, 0.2) is 5.13 Å². The van der Waals surface area contributed by atoms with Crippen molar-refractivity contribution in [1.82, 2.24) is 19.9 Å². The molecule has 2 aromatic carbocycles. The molecule has 35 heavy (non-hydrogen) atoms. The van der Waals surface area contributed by atoms with Crippen LogP contribution in [-0.4, -0.2) is 53.7 Å². The fourth-order valence-electron chi connectivity index (χ4n) is 3.40. The predicted molar refractivity (Wildman–Crippen MR) is 126 cm³/mol. The third kappa shape index (κ3) is 5.57. The van der Waals surface area contributed by atoms with Crippen LogP contribution < -0.4 is 20.1 Å². The first-order valence-electron chi connectivity index (χ1n) is 10.5. The fourth-order valence-corrected chi connectivity index (χ4v) is 4.29. The first kappa shape index (κ1) is 24.5. The molecule has 0 atom stereocenters. The van der Waals surface area contributed by atoms with E-state index in [9.17, 15) is 18.0 Å². The number of carbonyl (C=O) groups is 1. The number of amides is 1. The average Bonchev–Trinajstić information content (AvgIpc) is 3.34. The van der Waals surface area contributed by atoms with Crippen LogP contribution in [0.3, 0.4) is 0 Å². The number of thiazole rings is 1. The molecule has 2 heterocycles. The Morgan fingerprint density at radius 2 is 1.97 bits per heavy atom. The SMILES string of the molecule is CCOCCNC(=O)c1cc2nc(Nc3nc4ccc(OC(F)(F)F)cc4s3)n(C)c2cc1OC. The Morgan fingerprint density at radius 3 is 2.69 bits per heavy atom. The number of halogens is 3. The van der Waals surface area contributed by atoms with Crippen LogP contribution >= 0.6 is 11.3 Å². The summed E-state index contributed by atoms with van der Waals surface area (Å²) < 4.78 is 54.4. The van der Waals surface area contributed by atoms with Crippen molar-refractivity contribution in [1.29, 1.82) is 0 Å². The lowest BCUT2D eigenvalue weighted by atomic mass is 10.1. The van der Waals surface area contributed by atoms with Crippen molar-refractivity contribution in [3.63, 3.8) is 0 Å². The number of hydrogen-bond donors (Lipinski definition) is 2. The van der Waals surface area contributed by atoms with Crippen molar-refractivity contribution in [2.24, 2.45) is 7.05 Å². The third-order valence-corrected chi connectivity index (χ3v) is 5.93. The zero-order valence-electron chi connectivity index (χ0n) is 19.0. The van der Waals surface area contributed by atoms with Crippen LogP contribution in [0.5, 0.6) is 11.5 Å². The van der Waals surface area contributed by atoms with Gasteiger partial charge in [-0.15, -0.1) is 13.2 Å². The molecule has 4 rings (SSSR count). The Bertz CT molecular complexity index is 1370. The Balaban J connectivity index is 1.59. The van der Waals surface area contributed by atoms with Gasteiger partial charge in [0.05, 0.1) is 40.5 Å². The molecule has 0 saturated carbocycles. The summed E-state index contributed by atoms with van der Waals surface area (Å²) in [6.07, 6.45) is -4.77. The summed E-state index contributed by atoms with van der Waals surface area (Å²) in [6, 6.07) is 7.29. The number of nitrogens with one attached hydrogen (secondary N) is 2. The van der Waals surface area contributed by atoms with Gasteiger partial charge in [0, 0.05) is 32.3 Å². The Morgan fingerprint density at radius 1 is 1.17 bits per heavy atom. The van der Waals surface area contributed by atoms with Crippen LogP contribution in [0.4, 0.5) is 24.3 Å². The summed E-state index contributed by atoms with van der Waals surface area (Å²) >= 11 is 1.16. The molecule has 13 heteroatoms. The molecule has 0 fully saturated rings. The Labute approximate surface area is 201 Å². The molecule has 2 N–H and O–H groups in total. The van der Waals surface area contributed by atoms with Gasteiger partial charge in [-0.2, -0.15) is 0 Å². The maximum Gasteiger partial charge on any atom is 0.573 e. The van der Waals surface area contributed by atoms with E-state index in [1.807, 2.05) is 6.92 Å². The molecular weight excluding hydrogens is 487 g/mol. The summed E-state index contributed by atoms with van der Waals surface area (Å²) in [4.78, 5) is 21.6. The van der Waals surface area contributed by atoms with Gasteiger partial charge >= 0.3 is 6.36 Å². The number of benzene rings is 2. The van der Waals surface area contributed by atoms with Gasteiger partial charge in [-0.1, -0.05) is 11.3 Å². The van der Waals surface area contributed by atoms with Gasteiger partial charge in [0.2, 0.25) is 5.95 Å². The highest BCUT2D eigenvalue weighted by Gasteiger charge is 2.31. The minimum atomic E-state index is -4.77. The van der Waals surface area contributed by atoms with E-state index in [0.717, 1.165) is 11.3 Å². The summed E-state index contributed by atoms with van der Waals surface area (Å²) in [5.41, 5.74) is 2.10. The number of imidazole rings is 1. The summed E-state index contributed by atoms with van der Waals surface area (Å²) in [5.74, 6) is 0.189. The van der Waals surface area contributed by atoms with Crippen LogP contribution in [0, 0.1) is 0 Å². The number of nitrogens with zero attached hydrogens (tertiary/aromatic N) is 3. The minimum Gasteiger partial charge on any atom is -0.496 e. The predicted octanol–water partition coefficient (Wildman–Crippen LogP) is 4.60. The van der Waals surface area contributed by atoms with Crippen LogP contribution in [0.2, 0.25) is 0 Å². The van der Waals surface area contributed by atoms with Crippen LogP contribution in [-0.2, 0) is 11.8 Å². The third-order valence-electron chi connectivity index (χ3n) is 5.00. The number of rotatable bonds is 9. The molecule has 0 aliphatic rings. The van der Waals surface area contributed by atoms with Crippen molar-refractivity contribution in [2.45, 2.75) is 13.3 Å². The maximum absolute atomic E-state index is 12.6. The second kappa shape index (κ2) is 9.96. The Kier molecular flexibility index (Phi) is 6.98. The second-order valence-corrected chi connectivity index (χ2v) is 8.34. The Hall–Kier alpha value is -3.58.